The van der Waals surface area contributed by atoms with Crippen molar-refractivity contribution < 1.29 is 51.1 Å². The number of primary amides is 1. The highest BCUT2D eigenvalue weighted by Crippen LogP contribution is 2.07. The van der Waals surface area contributed by atoms with Gasteiger partial charge in [0.05, 0.1) is 6.04 Å². The zero-order chi connectivity index (χ0) is 38.9. The molecule has 6 unspecified atom stereocenters. The van der Waals surface area contributed by atoms with Crippen molar-refractivity contribution in [3.63, 3.8) is 0 Å². The van der Waals surface area contributed by atoms with Gasteiger partial charge in [-0.15, -0.1) is 0 Å². The van der Waals surface area contributed by atoms with Gasteiger partial charge in [0.15, 0.2) is 5.96 Å². The topological polar surface area (TPSA) is 433 Å². The summed E-state index contributed by atoms with van der Waals surface area (Å²) >= 11 is 0. The second-order valence-corrected chi connectivity index (χ2v) is 12.0. The minimum absolute atomic E-state index is 0.0101. The number of nitrogens with two attached hydrogens (primary N) is 5. The lowest BCUT2D eigenvalue weighted by Crippen LogP contribution is -2.63. The van der Waals surface area contributed by atoms with E-state index in [1.165, 1.54) is 6.92 Å². The SMILES string of the molecule is CC1NC(=O)C(N)CNC(=O)C(C2CCN=C(N)N2)NC(=O)/C(=C\NC(N)=O)NC(=O)C(CNC(=O)CC(N)CCCN)NC1=O.O=S(=O)(O)O. The van der Waals surface area contributed by atoms with Gasteiger partial charge in [-0.1, -0.05) is 0 Å². The molecule has 26 heteroatoms. The van der Waals surface area contributed by atoms with Crippen LogP contribution in [-0.2, 0) is 39.2 Å². The summed E-state index contributed by atoms with van der Waals surface area (Å²) in [5.74, 6) is -5.04. The lowest BCUT2D eigenvalue weighted by Gasteiger charge is -2.31. The van der Waals surface area contributed by atoms with Crippen molar-refractivity contribution in [2.45, 2.75) is 68.9 Å². The molecule has 2 aliphatic rings. The van der Waals surface area contributed by atoms with Gasteiger partial charge in [-0.05, 0) is 32.7 Å². The monoisotopic (exact) mass is 750 g/mol. The summed E-state index contributed by atoms with van der Waals surface area (Å²) in [7, 11) is -4.67. The number of rotatable bonds is 9. The summed E-state index contributed by atoms with van der Waals surface area (Å²) in [6.07, 6.45) is 2.01. The Balaban J connectivity index is 0.00000242. The highest BCUT2D eigenvalue weighted by molar-refractivity contribution is 7.79. The van der Waals surface area contributed by atoms with Gasteiger partial charge in [0.25, 0.3) is 5.91 Å². The minimum atomic E-state index is -4.67. The van der Waals surface area contributed by atoms with Gasteiger partial charge in [-0.25, -0.2) is 4.79 Å². The molecular formula is C25H46N14O11S. The Kier molecular flexibility index (Phi) is 18.2. The first-order valence-corrected chi connectivity index (χ1v) is 16.6. The van der Waals surface area contributed by atoms with Crippen LogP contribution in [0.2, 0.25) is 0 Å². The Bertz CT molecular complexity index is 1450. The molecule has 51 heavy (non-hydrogen) atoms. The predicted octanol–water partition coefficient (Wildman–Crippen LogP) is -7.86. The summed E-state index contributed by atoms with van der Waals surface area (Å²) in [5.41, 5.74) is 27.7. The molecule has 6 atom stereocenters. The maximum atomic E-state index is 13.4. The maximum absolute atomic E-state index is 13.4. The predicted molar refractivity (Wildman–Crippen MR) is 177 cm³/mol. The molecule has 0 aromatic heterocycles. The van der Waals surface area contributed by atoms with Crippen molar-refractivity contribution in [1.82, 2.24) is 42.5 Å². The van der Waals surface area contributed by atoms with Crippen LogP contribution in [0.4, 0.5) is 4.79 Å². The number of carbonyl (C=O) groups is 7. The van der Waals surface area contributed by atoms with E-state index < -0.39 is 100 Å². The van der Waals surface area contributed by atoms with Gasteiger partial charge in [0.1, 0.15) is 29.9 Å². The lowest BCUT2D eigenvalue weighted by molar-refractivity contribution is -0.133. The molecule has 1 fully saturated rings. The van der Waals surface area contributed by atoms with Crippen LogP contribution in [0, 0.1) is 0 Å². The summed E-state index contributed by atoms with van der Waals surface area (Å²) in [6.45, 7) is 1.08. The van der Waals surface area contributed by atoms with Crippen LogP contribution >= 0.6 is 0 Å². The average molecular weight is 751 g/mol. The van der Waals surface area contributed by atoms with Crippen molar-refractivity contribution in [3.8, 4) is 0 Å². The number of nitrogens with zero attached hydrogens (tertiary/aromatic N) is 1. The molecule has 8 amide bonds. The highest BCUT2D eigenvalue weighted by atomic mass is 32.3. The summed E-state index contributed by atoms with van der Waals surface area (Å²) < 4.78 is 31.6. The van der Waals surface area contributed by atoms with Gasteiger partial charge in [-0.3, -0.25) is 42.9 Å². The van der Waals surface area contributed by atoms with Crippen LogP contribution in [0.1, 0.15) is 32.6 Å². The molecule has 2 rings (SSSR count). The fraction of sp³-hybridized carbons (Fsp3) is 0.600. The third-order valence-corrected chi connectivity index (χ3v) is 6.84. The molecule has 0 aliphatic carbocycles. The van der Waals surface area contributed by atoms with E-state index in [4.69, 9.17) is 46.2 Å². The van der Waals surface area contributed by atoms with Crippen molar-refractivity contribution >= 4 is 57.8 Å². The molecule has 288 valence electrons. The standard InChI is InChI=1S/C25H44N14O7.H2O4S/c1-11-19(41)36-15(9-32-17(40)7-12(27)3-2-5-26)21(43)37-16(10-34-25(30)46)22(44)39-18(14-4-6-31-24(29)38-14)23(45)33-8-13(28)20(42)35-11;1-5(2,3)4/h10-15,18H,2-9,26-28H2,1H3,(H,32,40)(H,33,45)(H,35,42)(H,36,41)(H,37,43)(H,39,44)(H3,29,31,38)(H3,30,34,46);(H2,1,2,3,4)/b16-10+;. The Morgan fingerprint density at radius 1 is 1.04 bits per heavy atom. The van der Waals surface area contributed by atoms with Crippen molar-refractivity contribution in [2.75, 3.05) is 26.2 Å². The van der Waals surface area contributed by atoms with Crippen molar-refractivity contribution in [1.29, 1.82) is 0 Å². The minimum Gasteiger partial charge on any atom is -0.370 e. The number of hydrogen-bond donors (Lipinski definition) is 15. The van der Waals surface area contributed by atoms with Crippen LogP contribution in [-0.4, -0.2) is 127 Å². The van der Waals surface area contributed by atoms with Crippen LogP contribution in [0.15, 0.2) is 16.9 Å². The van der Waals surface area contributed by atoms with Crippen molar-refractivity contribution in [3.05, 3.63) is 11.9 Å². The lowest BCUT2D eigenvalue weighted by atomic mass is 10.0. The number of urea groups is 1. The Morgan fingerprint density at radius 2 is 1.69 bits per heavy atom. The van der Waals surface area contributed by atoms with Gasteiger partial charge >= 0.3 is 16.4 Å². The van der Waals surface area contributed by atoms with E-state index in [-0.39, 0.29) is 31.9 Å². The molecule has 0 aromatic carbocycles. The first kappa shape index (κ1) is 43.9. The molecule has 20 N–H and O–H groups in total. The first-order chi connectivity index (χ1) is 23.7. The molecule has 0 radical (unpaired) electrons. The second kappa shape index (κ2) is 21.2. The van der Waals surface area contributed by atoms with E-state index in [2.05, 4.69) is 47.5 Å². The van der Waals surface area contributed by atoms with Gasteiger partial charge in [0, 0.05) is 38.3 Å². The molecule has 25 nitrogen and oxygen atoms in total. The van der Waals surface area contributed by atoms with Crippen molar-refractivity contribution in [2.24, 2.45) is 33.7 Å². The van der Waals surface area contributed by atoms with Gasteiger partial charge in [0.2, 0.25) is 29.5 Å². The molecular weight excluding hydrogens is 704 g/mol. The Labute approximate surface area is 292 Å². The molecule has 0 spiro atoms. The van der Waals surface area contributed by atoms with Crippen LogP contribution < -0.4 is 71.2 Å². The number of amides is 8. The van der Waals surface area contributed by atoms with Crippen LogP contribution in [0.25, 0.3) is 0 Å². The smallest absolute Gasteiger partial charge is 0.370 e. The van der Waals surface area contributed by atoms with E-state index in [1.54, 1.807) is 0 Å². The summed E-state index contributed by atoms with van der Waals surface area (Å²) in [4.78, 5) is 93.7. The van der Waals surface area contributed by atoms with Gasteiger partial charge in [-0.2, -0.15) is 8.42 Å². The fourth-order valence-corrected chi connectivity index (χ4v) is 4.28. The number of aliphatic imine (C=N–C) groups is 1. The first-order valence-electron chi connectivity index (χ1n) is 15.2. The quantitative estimate of drug-likeness (QED) is 0.0768. The zero-order valence-electron chi connectivity index (χ0n) is 27.5. The van der Waals surface area contributed by atoms with E-state index in [9.17, 15) is 33.6 Å². The van der Waals surface area contributed by atoms with Crippen LogP contribution in [0.5, 0.6) is 0 Å². The molecule has 0 saturated carbocycles. The van der Waals surface area contributed by atoms with Crippen LogP contribution in [0.3, 0.4) is 0 Å². The molecule has 2 aliphatic heterocycles. The molecule has 2 heterocycles. The fourth-order valence-electron chi connectivity index (χ4n) is 4.28. The van der Waals surface area contributed by atoms with E-state index in [0.29, 0.717) is 19.4 Å². The Hall–Kier alpha value is -5.15. The van der Waals surface area contributed by atoms with E-state index >= 15 is 0 Å². The number of guanidine groups is 1. The second-order valence-electron chi connectivity index (χ2n) is 11.1. The molecule has 0 aromatic rings. The number of nitrogens with one attached hydrogen (secondary N) is 8. The highest BCUT2D eigenvalue weighted by Gasteiger charge is 2.34. The van der Waals surface area contributed by atoms with Gasteiger partial charge < -0.3 is 71.2 Å². The molecule has 0 bridgehead atoms. The maximum Gasteiger partial charge on any atom is 0.394 e. The summed E-state index contributed by atoms with van der Waals surface area (Å²) in [6, 6.07) is -7.79. The number of hydrogen-bond acceptors (Lipinski definition) is 15. The third kappa shape index (κ3) is 17.9. The number of carbonyl (C=O) groups excluding carboxylic acids is 7. The largest absolute Gasteiger partial charge is 0.394 e. The zero-order valence-corrected chi connectivity index (χ0v) is 28.3. The average Bonchev–Trinajstić information content (AvgIpc) is 3.03. The van der Waals surface area contributed by atoms with E-state index in [0.717, 1.165) is 6.20 Å². The third-order valence-electron chi connectivity index (χ3n) is 6.84. The summed E-state index contributed by atoms with van der Waals surface area (Å²) in [5, 5.41) is 19.4. The molecule has 1 saturated heterocycles. The normalized spacial score (nSPS) is 25.1. The van der Waals surface area contributed by atoms with E-state index in [1.807, 2.05) is 0 Å². The Morgan fingerprint density at radius 3 is 2.27 bits per heavy atom.